The number of hydrogen-bond acceptors (Lipinski definition) is 3. The zero-order chi connectivity index (χ0) is 8.39. The topological polar surface area (TPSA) is 47.6 Å². The van der Waals surface area contributed by atoms with Crippen LogP contribution in [-0.2, 0) is 4.74 Å². The van der Waals surface area contributed by atoms with Crippen molar-refractivity contribution in [2.45, 2.75) is 31.7 Å². The Morgan fingerprint density at radius 1 is 1.50 bits per heavy atom. The van der Waals surface area contributed by atoms with E-state index < -0.39 is 0 Å². The Bertz CT molecular complexity index is 187. The molecule has 1 fully saturated rings. The van der Waals surface area contributed by atoms with Crippen molar-refractivity contribution in [3.05, 3.63) is 0 Å². The van der Waals surface area contributed by atoms with Crippen LogP contribution >= 0.6 is 0 Å². The zero-order valence-corrected chi connectivity index (χ0v) is 7.33. The highest BCUT2D eigenvalue weighted by Gasteiger charge is 2.29. The first-order chi connectivity index (χ1) is 5.90. The molecule has 0 amide bonds. The smallest absolute Gasteiger partial charge is 0.186 e. The lowest BCUT2D eigenvalue weighted by Gasteiger charge is -2.23. The number of nitrogens with two attached hydrogens (primary N) is 1. The number of ether oxygens (including phenoxy) is 1. The van der Waals surface area contributed by atoms with Crippen LogP contribution in [0.5, 0.6) is 0 Å². The standard InChI is InChI=1S/C9H16N2O/c10-5-4-8-6-12-9(11-8)7-2-1-3-7/h7-8H,1-6,10H2. The van der Waals surface area contributed by atoms with Crippen molar-refractivity contribution in [3.8, 4) is 0 Å². The minimum absolute atomic E-state index is 0.352. The van der Waals surface area contributed by atoms with Crippen molar-refractivity contribution in [3.63, 3.8) is 0 Å². The van der Waals surface area contributed by atoms with Gasteiger partial charge in [0.1, 0.15) is 6.61 Å². The second kappa shape index (κ2) is 3.44. The lowest BCUT2D eigenvalue weighted by atomic mass is 9.85. The molecule has 0 aromatic carbocycles. The molecule has 0 radical (unpaired) electrons. The predicted octanol–water partition coefficient (Wildman–Crippen LogP) is 0.933. The monoisotopic (exact) mass is 168 g/mol. The van der Waals surface area contributed by atoms with Crippen LogP contribution in [-0.4, -0.2) is 25.1 Å². The molecule has 0 saturated heterocycles. The van der Waals surface area contributed by atoms with E-state index in [9.17, 15) is 0 Å². The van der Waals surface area contributed by atoms with Crippen LogP contribution in [0.4, 0.5) is 0 Å². The summed E-state index contributed by atoms with van der Waals surface area (Å²) in [5, 5.41) is 0. The van der Waals surface area contributed by atoms with Crippen molar-refractivity contribution in [2.24, 2.45) is 16.6 Å². The average Bonchev–Trinajstić information content (AvgIpc) is 2.34. The number of aliphatic imine (C=N–C) groups is 1. The summed E-state index contributed by atoms with van der Waals surface area (Å²) in [5.74, 6) is 1.66. The Kier molecular flexibility index (Phi) is 2.30. The third-order valence-corrected chi connectivity index (χ3v) is 2.69. The van der Waals surface area contributed by atoms with E-state index in [0.717, 1.165) is 25.5 Å². The molecular formula is C9H16N2O. The number of hydrogen-bond donors (Lipinski definition) is 1. The number of rotatable bonds is 3. The van der Waals surface area contributed by atoms with Gasteiger partial charge < -0.3 is 10.5 Å². The summed E-state index contributed by atoms with van der Waals surface area (Å²) in [6.07, 6.45) is 4.85. The van der Waals surface area contributed by atoms with Gasteiger partial charge in [-0.1, -0.05) is 6.42 Å². The Morgan fingerprint density at radius 2 is 2.33 bits per heavy atom. The molecule has 1 heterocycles. The minimum Gasteiger partial charge on any atom is -0.478 e. The quantitative estimate of drug-likeness (QED) is 0.681. The van der Waals surface area contributed by atoms with Crippen molar-refractivity contribution >= 4 is 5.90 Å². The molecule has 1 atom stereocenters. The summed E-state index contributed by atoms with van der Waals surface area (Å²) >= 11 is 0. The predicted molar refractivity (Wildman–Crippen MR) is 48.2 cm³/mol. The van der Waals surface area contributed by atoms with E-state index in [2.05, 4.69) is 4.99 Å². The van der Waals surface area contributed by atoms with Gasteiger partial charge in [-0.15, -0.1) is 0 Å². The Hall–Kier alpha value is -0.570. The zero-order valence-electron chi connectivity index (χ0n) is 7.33. The van der Waals surface area contributed by atoms with Gasteiger partial charge >= 0.3 is 0 Å². The van der Waals surface area contributed by atoms with Gasteiger partial charge in [0.05, 0.1) is 6.04 Å². The highest BCUT2D eigenvalue weighted by molar-refractivity contribution is 5.80. The van der Waals surface area contributed by atoms with Crippen molar-refractivity contribution in [1.29, 1.82) is 0 Å². The van der Waals surface area contributed by atoms with Crippen LogP contribution in [0, 0.1) is 5.92 Å². The van der Waals surface area contributed by atoms with Crippen LogP contribution in [0.2, 0.25) is 0 Å². The molecule has 12 heavy (non-hydrogen) atoms. The molecule has 2 rings (SSSR count). The third-order valence-electron chi connectivity index (χ3n) is 2.69. The van der Waals surface area contributed by atoms with E-state index in [-0.39, 0.29) is 0 Å². The number of nitrogens with zero attached hydrogens (tertiary/aromatic N) is 1. The van der Waals surface area contributed by atoms with Crippen LogP contribution in [0.1, 0.15) is 25.7 Å². The van der Waals surface area contributed by atoms with Gasteiger partial charge in [-0.2, -0.15) is 0 Å². The molecule has 1 unspecified atom stereocenters. The van der Waals surface area contributed by atoms with Crippen LogP contribution in [0.25, 0.3) is 0 Å². The van der Waals surface area contributed by atoms with Gasteiger partial charge in [-0.25, -0.2) is 4.99 Å². The van der Waals surface area contributed by atoms with E-state index in [1.807, 2.05) is 0 Å². The van der Waals surface area contributed by atoms with Gasteiger partial charge in [0.15, 0.2) is 5.90 Å². The first kappa shape index (κ1) is 8.05. The molecule has 1 aliphatic heterocycles. The summed E-state index contributed by atoms with van der Waals surface area (Å²) in [6.45, 7) is 1.48. The molecule has 3 heteroatoms. The first-order valence-electron chi connectivity index (χ1n) is 4.80. The fourth-order valence-corrected chi connectivity index (χ4v) is 1.65. The fourth-order valence-electron chi connectivity index (χ4n) is 1.65. The van der Waals surface area contributed by atoms with Gasteiger partial charge in [-0.05, 0) is 25.8 Å². The molecule has 2 aliphatic rings. The van der Waals surface area contributed by atoms with Crippen LogP contribution < -0.4 is 5.73 Å². The summed E-state index contributed by atoms with van der Waals surface area (Å²) in [7, 11) is 0. The fraction of sp³-hybridized carbons (Fsp3) is 0.889. The van der Waals surface area contributed by atoms with Crippen molar-refractivity contribution in [1.82, 2.24) is 0 Å². The molecule has 1 saturated carbocycles. The summed E-state index contributed by atoms with van der Waals surface area (Å²) in [5.41, 5.74) is 5.45. The van der Waals surface area contributed by atoms with Gasteiger partial charge in [0, 0.05) is 5.92 Å². The summed E-state index contributed by atoms with van der Waals surface area (Å²) in [6, 6.07) is 0.352. The van der Waals surface area contributed by atoms with Gasteiger partial charge in [0.2, 0.25) is 0 Å². The second-order valence-electron chi connectivity index (χ2n) is 3.64. The third kappa shape index (κ3) is 1.46. The Labute approximate surface area is 73.0 Å². The molecule has 1 aliphatic carbocycles. The molecule has 3 nitrogen and oxygen atoms in total. The molecule has 0 aromatic heterocycles. The largest absolute Gasteiger partial charge is 0.478 e. The Balaban J connectivity index is 1.86. The van der Waals surface area contributed by atoms with E-state index in [4.69, 9.17) is 10.5 Å². The van der Waals surface area contributed by atoms with E-state index in [1.165, 1.54) is 19.3 Å². The normalized spacial score (nSPS) is 29.4. The molecule has 68 valence electrons. The summed E-state index contributed by atoms with van der Waals surface area (Å²) in [4.78, 5) is 4.51. The van der Waals surface area contributed by atoms with E-state index in [0.29, 0.717) is 12.0 Å². The van der Waals surface area contributed by atoms with E-state index >= 15 is 0 Å². The minimum atomic E-state index is 0.352. The molecule has 0 spiro atoms. The lowest BCUT2D eigenvalue weighted by Crippen LogP contribution is -2.21. The maximum atomic E-state index is 5.52. The summed E-state index contributed by atoms with van der Waals surface area (Å²) < 4.78 is 5.52. The average molecular weight is 168 g/mol. The maximum absolute atomic E-state index is 5.52. The molecule has 0 bridgehead atoms. The maximum Gasteiger partial charge on any atom is 0.186 e. The highest BCUT2D eigenvalue weighted by Crippen LogP contribution is 2.30. The molecule has 2 N–H and O–H groups in total. The van der Waals surface area contributed by atoms with Gasteiger partial charge in [0.25, 0.3) is 0 Å². The Morgan fingerprint density at radius 3 is 2.92 bits per heavy atom. The van der Waals surface area contributed by atoms with Crippen LogP contribution in [0.3, 0.4) is 0 Å². The lowest BCUT2D eigenvalue weighted by molar-refractivity contribution is 0.267. The highest BCUT2D eigenvalue weighted by atomic mass is 16.5. The van der Waals surface area contributed by atoms with Crippen molar-refractivity contribution < 1.29 is 4.74 Å². The SMILES string of the molecule is NCCC1COC(C2CCC2)=N1. The van der Waals surface area contributed by atoms with Gasteiger partial charge in [-0.3, -0.25) is 0 Å². The van der Waals surface area contributed by atoms with E-state index in [1.54, 1.807) is 0 Å². The molecule has 0 aromatic rings. The second-order valence-corrected chi connectivity index (χ2v) is 3.64. The first-order valence-corrected chi connectivity index (χ1v) is 4.80. The van der Waals surface area contributed by atoms with Crippen molar-refractivity contribution in [2.75, 3.05) is 13.2 Å². The molecular weight excluding hydrogens is 152 g/mol. The van der Waals surface area contributed by atoms with Crippen LogP contribution in [0.15, 0.2) is 4.99 Å².